The Morgan fingerprint density at radius 2 is 2.36 bits per heavy atom. The summed E-state index contributed by atoms with van der Waals surface area (Å²) in [6.07, 6.45) is 3.59. The van der Waals surface area contributed by atoms with Crippen LogP contribution in [0.1, 0.15) is 19.3 Å². The Balaban J connectivity index is 2.02. The lowest BCUT2D eigenvalue weighted by Crippen LogP contribution is -2.42. The van der Waals surface area contributed by atoms with Gasteiger partial charge in [-0.05, 0) is 25.2 Å². The second-order valence-corrected chi connectivity index (χ2v) is 3.44. The van der Waals surface area contributed by atoms with Crippen molar-refractivity contribution in [2.45, 2.75) is 31.3 Å². The van der Waals surface area contributed by atoms with Crippen LogP contribution in [-0.2, 0) is 9.53 Å². The zero-order valence-corrected chi connectivity index (χ0v) is 6.67. The monoisotopic (exact) mass is 155 g/mol. The van der Waals surface area contributed by atoms with E-state index in [2.05, 4.69) is 10.1 Å². The van der Waals surface area contributed by atoms with Gasteiger partial charge in [-0.2, -0.15) is 0 Å². The summed E-state index contributed by atoms with van der Waals surface area (Å²) in [5.74, 6) is 0.463. The fourth-order valence-electron chi connectivity index (χ4n) is 2.25. The summed E-state index contributed by atoms with van der Waals surface area (Å²) in [4.78, 5) is 11.1. The quantitative estimate of drug-likeness (QED) is 0.553. The number of fused-ring (bicyclic) bond motifs is 2. The largest absolute Gasteiger partial charge is 0.468 e. The van der Waals surface area contributed by atoms with E-state index in [4.69, 9.17) is 0 Å². The minimum absolute atomic E-state index is 0.00116. The first kappa shape index (κ1) is 7.10. The zero-order chi connectivity index (χ0) is 7.84. The van der Waals surface area contributed by atoms with Gasteiger partial charge in [0.05, 0.1) is 7.11 Å². The number of esters is 1. The van der Waals surface area contributed by atoms with E-state index in [1.807, 2.05) is 0 Å². The van der Waals surface area contributed by atoms with Crippen LogP contribution in [0.4, 0.5) is 0 Å². The Hall–Kier alpha value is -0.570. The Labute approximate surface area is 66.1 Å². The fourth-order valence-corrected chi connectivity index (χ4v) is 2.25. The number of rotatable bonds is 1. The van der Waals surface area contributed by atoms with Crippen molar-refractivity contribution in [3.8, 4) is 0 Å². The molecule has 0 aromatic carbocycles. The molecule has 3 atom stereocenters. The Morgan fingerprint density at radius 3 is 2.82 bits per heavy atom. The molecule has 1 saturated heterocycles. The standard InChI is InChI=1S/C8H13NO2/c1-11-8(10)7-5-2-3-6(4-5)9-7/h5-7,9H,2-4H2,1H3/t5-,6?,7-/m0/s1. The molecule has 2 fully saturated rings. The molecule has 0 amide bonds. The molecule has 11 heavy (non-hydrogen) atoms. The van der Waals surface area contributed by atoms with Crippen LogP contribution in [-0.4, -0.2) is 25.2 Å². The molecule has 0 aromatic rings. The van der Waals surface area contributed by atoms with Crippen molar-refractivity contribution in [3.05, 3.63) is 0 Å². The van der Waals surface area contributed by atoms with Crippen LogP contribution in [0.25, 0.3) is 0 Å². The molecule has 1 heterocycles. The first-order chi connectivity index (χ1) is 5.31. The number of methoxy groups -OCH3 is 1. The van der Waals surface area contributed by atoms with Crippen molar-refractivity contribution >= 4 is 5.97 Å². The predicted octanol–water partition coefficient (Wildman–Crippen LogP) is 0.300. The Morgan fingerprint density at radius 1 is 1.55 bits per heavy atom. The smallest absolute Gasteiger partial charge is 0.323 e. The molecule has 0 spiro atoms. The molecular weight excluding hydrogens is 142 g/mol. The van der Waals surface area contributed by atoms with E-state index in [9.17, 15) is 4.79 Å². The van der Waals surface area contributed by atoms with E-state index in [1.165, 1.54) is 26.4 Å². The molecule has 1 saturated carbocycles. The molecule has 1 aliphatic carbocycles. The van der Waals surface area contributed by atoms with Crippen molar-refractivity contribution in [2.24, 2.45) is 5.92 Å². The van der Waals surface area contributed by atoms with Crippen molar-refractivity contribution in [1.29, 1.82) is 0 Å². The topological polar surface area (TPSA) is 38.3 Å². The van der Waals surface area contributed by atoms with E-state index in [-0.39, 0.29) is 12.0 Å². The van der Waals surface area contributed by atoms with Crippen LogP contribution in [0.2, 0.25) is 0 Å². The number of ether oxygens (including phenoxy) is 1. The first-order valence-electron chi connectivity index (χ1n) is 4.15. The van der Waals surface area contributed by atoms with E-state index in [0.717, 1.165) is 0 Å². The number of piperidine rings is 1. The van der Waals surface area contributed by atoms with E-state index in [1.54, 1.807) is 0 Å². The lowest BCUT2D eigenvalue weighted by atomic mass is 10.0. The van der Waals surface area contributed by atoms with Gasteiger partial charge in [0.1, 0.15) is 6.04 Å². The summed E-state index contributed by atoms with van der Waals surface area (Å²) < 4.78 is 4.69. The van der Waals surface area contributed by atoms with Crippen molar-refractivity contribution in [2.75, 3.05) is 7.11 Å². The molecule has 2 aliphatic rings. The van der Waals surface area contributed by atoms with Crippen LogP contribution >= 0.6 is 0 Å². The molecule has 1 unspecified atom stereocenters. The summed E-state index contributed by atoms with van der Waals surface area (Å²) in [6, 6.07) is 0.586. The van der Waals surface area contributed by atoms with Gasteiger partial charge in [-0.3, -0.25) is 4.79 Å². The van der Waals surface area contributed by atoms with Gasteiger partial charge in [0.25, 0.3) is 0 Å². The molecule has 1 aliphatic heterocycles. The molecule has 2 rings (SSSR count). The molecule has 0 aromatic heterocycles. The molecule has 3 heteroatoms. The number of carbonyl (C=O) groups is 1. The summed E-state index contributed by atoms with van der Waals surface area (Å²) in [6.45, 7) is 0. The highest BCUT2D eigenvalue weighted by atomic mass is 16.5. The normalized spacial score (nSPS) is 41.0. The molecule has 62 valence electrons. The van der Waals surface area contributed by atoms with Crippen molar-refractivity contribution < 1.29 is 9.53 Å². The van der Waals surface area contributed by atoms with Gasteiger partial charge >= 0.3 is 5.97 Å². The van der Waals surface area contributed by atoms with Crippen LogP contribution in [0.15, 0.2) is 0 Å². The van der Waals surface area contributed by atoms with E-state index < -0.39 is 0 Å². The summed E-state index contributed by atoms with van der Waals surface area (Å²) in [5.41, 5.74) is 0. The van der Waals surface area contributed by atoms with E-state index >= 15 is 0 Å². The van der Waals surface area contributed by atoms with Gasteiger partial charge in [-0.1, -0.05) is 0 Å². The van der Waals surface area contributed by atoms with Gasteiger partial charge in [-0.25, -0.2) is 0 Å². The van der Waals surface area contributed by atoms with Crippen LogP contribution < -0.4 is 5.32 Å². The average Bonchev–Trinajstić information content (AvgIpc) is 2.62. The SMILES string of the molecule is COC(=O)[C@H]1NC2CC[C@H]1C2. The number of hydrogen-bond donors (Lipinski definition) is 1. The maximum Gasteiger partial charge on any atom is 0.323 e. The maximum absolute atomic E-state index is 11.1. The number of hydrogen-bond acceptors (Lipinski definition) is 3. The molecular formula is C8H13NO2. The highest BCUT2D eigenvalue weighted by molar-refractivity contribution is 5.76. The van der Waals surface area contributed by atoms with Gasteiger partial charge in [0.15, 0.2) is 0 Å². The second-order valence-electron chi connectivity index (χ2n) is 3.44. The zero-order valence-electron chi connectivity index (χ0n) is 6.67. The average molecular weight is 155 g/mol. The minimum Gasteiger partial charge on any atom is -0.468 e. The van der Waals surface area contributed by atoms with Crippen LogP contribution in [0, 0.1) is 5.92 Å². The minimum atomic E-state index is -0.0859. The third-order valence-electron chi connectivity index (χ3n) is 2.81. The number of nitrogens with one attached hydrogen (secondary N) is 1. The highest BCUT2D eigenvalue weighted by Crippen LogP contribution is 2.35. The van der Waals surface area contributed by atoms with Gasteiger partial charge in [-0.15, -0.1) is 0 Å². The van der Waals surface area contributed by atoms with E-state index in [0.29, 0.717) is 12.0 Å². The lowest BCUT2D eigenvalue weighted by Gasteiger charge is -2.20. The van der Waals surface area contributed by atoms with Gasteiger partial charge < -0.3 is 10.1 Å². The van der Waals surface area contributed by atoms with Gasteiger partial charge in [0, 0.05) is 6.04 Å². The molecule has 2 bridgehead atoms. The third-order valence-corrected chi connectivity index (χ3v) is 2.81. The Bertz CT molecular complexity index is 181. The lowest BCUT2D eigenvalue weighted by molar-refractivity contribution is -0.144. The van der Waals surface area contributed by atoms with Crippen molar-refractivity contribution in [3.63, 3.8) is 0 Å². The maximum atomic E-state index is 11.1. The first-order valence-corrected chi connectivity index (χ1v) is 4.15. The summed E-state index contributed by atoms with van der Waals surface area (Å²) in [7, 11) is 1.45. The summed E-state index contributed by atoms with van der Waals surface area (Å²) >= 11 is 0. The Kier molecular flexibility index (Phi) is 1.60. The summed E-state index contributed by atoms with van der Waals surface area (Å²) in [5, 5.41) is 3.27. The highest BCUT2D eigenvalue weighted by Gasteiger charge is 2.43. The molecule has 1 N–H and O–H groups in total. The van der Waals surface area contributed by atoms with Crippen LogP contribution in [0.3, 0.4) is 0 Å². The fraction of sp³-hybridized carbons (Fsp3) is 0.875. The molecule has 3 nitrogen and oxygen atoms in total. The van der Waals surface area contributed by atoms with Crippen molar-refractivity contribution in [1.82, 2.24) is 5.32 Å². The number of carbonyl (C=O) groups excluding carboxylic acids is 1. The van der Waals surface area contributed by atoms with Crippen LogP contribution in [0.5, 0.6) is 0 Å². The second kappa shape index (κ2) is 2.48. The third kappa shape index (κ3) is 1.03. The predicted molar refractivity (Wildman–Crippen MR) is 40.1 cm³/mol. The van der Waals surface area contributed by atoms with Gasteiger partial charge in [0.2, 0.25) is 0 Å². The molecule has 0 radical (unpaired) electrons.